The SMILES string of the molecule is CCCC1(O)CN(S(=O)(=O)c2ccc(C)c(N)c2)C1. The van der Waals surface area contributed by atoms with Gasteiger partial charge in [-0.05, 0) is 31.0 Å². The molecule has 1 heterocycles. The summed E-state index contributed by atoms with van der Waals surface area (Å²) in [5, 5.41) is 10.1. The zero-order valence-corrected chi connectivity index (χ0v) is 12.1. The van der Waals surface area contributed by atoms with Gasteiger partial charge in [0, 0.05) is 18.8 Å². The van der Waals surface area contributed by atoms with Crippen molar-refractivity contribution in [3.63, 3.8) is 0 Å². The van der Waals surface area contributed by atoms with Crippen molar-refractivity contribution < 1.29 is 13.5 Å². The minimum atomic E-state index is -3.54. The van der Waals surface area contributed by atoms with E-state index in [9.17, 15) is 13.5 Å². The van der Waals surface area contributed by atoms with Gasteiger partial charge in [-0.3, -0.25) is 0 Å². The van der Waals surface area contributed by atoms with E-state index in [2.05, 4.69) is 0 Å². The van der Waals surface area contributed by atoms with Gasteiger partial charge < -0.3 is 10.8 Å². The van der Waals surface area contributed by atoms with E-state index in [0.29, 0.717) is 12.1 Å². The third-order valence-corrected chi connectivity index (χ3v) is 5.33. The Kier molecular flexibility index (Phi) is 3.59. The highest BCUT2D eigenvalue weighted by molar-refractivity contribution is 7.89. The van der Waals surface area contributed by atoms with Crippen LogP contribution in [0, 0.1) is 6.92 Å². The first-order valence-corrected chi connectivity index (χ1v) is 7.81. The van der Waals surface area contributed by atoms with Crippen LogP contribution < -0.4 is 5.73 Å². The van der Waals surface area contributed by atoms with E-state index in [4.69, 9.17) is 5.73 Å². The Morgan fingerprint density at radius 3 is 2.58 bits per heavy atom. The smallest absolute Gasteiger partial charge is 0.243 e. The maximum absolute atomic E-state index is 12.3. The molecule has 2 rings (SSSR count). The summed E-state index contributed by atoms with van der Waals surface area (Å²) in [4.78, 5) is 0.189. The quantitative estimate of drug-likeness (QED) is 0.811. The number of rotatable bonds is 4. The normalized spacial score (nSPS) is 19.1. The lowest BCUT2D eigenvalue weighted by Gasteiger charge is -2.45. The molecule has 0 atom stereocenters. The molecular formula is C13H20N2O3S. The first kappa shape index (κ1) is 14.3. The zero-order valence-electron chi connectivity index (χ0n) is 11.3. The Morgan fingerprint density at radius 1 is 1.42 bits per heavy atom. The van der Waals surface area contributed by atoms with Crippen molar-refractivity contribution in [2.45, 2.75) is 37.2 Å². The molecular weight excluding hydrogens is 264 g/mol. The van der Waals surface area contributed by atoms with Crippen LogP contribution in [-0.4, -0.2) is 36.5 Å². The predicted octanol–water partition coefficient (Wildman–Crippen LogP) is 1.11. The molecule has 0 saturated carbocycles. The number of sulfonamides is 1. The number of benzene rings is 1. The lowest BCUT2D eigenvalue weighted by atomic mass is 9.92. The molecule has 0 aromatic heterocycles. The van der Waals surface area contributed by atoms with E-state index >= 15 is 0 Å². The number of nitrogen functional groups attached to an aromatic ring is 1. The fraction of sp³-hybridized carbons (Fsp3) is 0.538. The molecule has 1 aromatic rings. The van der Waals surface area contributed by atoms with Crippen molar-refractivity contribution in [3.05, 3.63) is 23.8 Å². The highest BCUT2D eigenvalue weighted by atomic mass is 32.2. The molecule has 1 aromatic carbocycles. The largest absolute Gasteiger partial charge is 0.398 e. The summed E-state index contributed by atoms with van der Waals surface area (Å²) in [6.45, 7) is 4.12. The Bertz CT molecular complexity index is 578. The van der Waals surface area contributed by atoms with E-state index in [-0.39, 0.29) is 18.0 Å². The molecule has 0 unspecified atom stereocenters. The van der Waals surface area contributed by atoms with Gasteiger partial charge in [-0.2, -0.15) is 4.31 Å². The molecule has 6 heteroatoms. The van der Waals surface area contributed by atoms with Crippen LogP contribution in [0.5, 0.6) is 0 Å². The van der Waals surface area contributed by atoms with Crippen LogP contribution in [0.2, 0.25) is 0 Å². The van der Waals surface area contributed by atoms with E-state index in [1.165, 1.54) is 10.4 Å². The number of nitrogens with two attached hydrogens (primary N) is 1. The number of aliphatic hydroxyl groups is 1. The van der Waals surface area contributed by atoms with Gasteiger partial charge >= 0.3 is 0 Å². The minimum absolute atomic E-state index is 0.164. The molecule has 1 aliphatic rings. The van der Waals surface area contributed by atoms with Crippen molar-refractivity contribution in [3.8, 4) is 0 Å². The molecule has 0 bridgehead atoms. The summed E-state index contributed by atoms with van der Waals surface area (Å²) in [6.07, 6.45) is 1.46. The average Bonchev–Trinajstić information content (AvgIpc) is 2.29. The van der Waals surface area contributed by atoms with Crippen LogP contribution in [0.3, 0.4) is 0 Å². The zero-order chi connectivity index (χ0) is 14.3. The van der Waals surface area contributed by atoms with Crippen LogP contribution in [0.15, 0.2) is 23.1 Å². The van der Waals surface area contributed by atoms with Crippen molar-refractivity contribution in [1.82, 2.24) is 4.31 Å². The highest BCUT2D eigenvalue weighted by Gasteiger charge is 2.46. The second kappa shape index (κ2) is 4.77. The summed E-state index contributed by atoms with van der Waals surface area (Å²) < 4.78 is 26.0. The molecule has 106 valence electrons. The van der Waals surface area contributed by atoms with E-state index in [1.807, 2.05) is 13.8 Å². The second-order valence-electron chi connectivity index (χ2n) is 5.27. The van der Waals surface area contributed by atoms with Crippen molar-refractivity contribution >= 4 is 15.7 Å². The van der Waals surface area contributed by atoms with Gasteiger partial charge in [-0.15, -0.1) is 0 Å². The lowest BCUT2D eigenvalue weighted by molar-refractivity contribution is -0.0653. The number of β-amino-alcohol motifs (C(OH)–C–C–N with tert-alkyl or cyclic N) is 1. The van der Waals surface area contributed by atoms with Crippen LogP contribution in [0.1, 0.15) is 25.3 Å². The third kappa shape index (κ3) is 2.61. The van der Waals surface area contributed by atoms with Crippen LogP contribution in [-0.2, 0) is 10.0 Å². The maximum atomic E-state index is 12.3. The summed E-state index contributed by atoms with van der Waals surface area (Å²) >= 11 is 0. The topological polar surface area (TPSA) is 83.6 Å². The molecule has 1 saturated heterocycles. The van der Waals surface area contributed by atoms with Crippen molar-refractivity contribution in [2.75, 3.05) is 18.8 Å². The van der Waals surface area contributed by atoms with Crippen molar-refractivity contribution in [1.29, 1.82) is 0 Å². The highest BCUT2D eigenvalue weighted by Crippen LogP contribution is 2.32. The van der Waals surface area contributed by atoms with E-state index < -0.39 is 15.6 Å². The van der Waals surface area contributed by atoms with Gasteiger partial charge in [-0.25, -0.2) is 8.42 Å². The van der Waals surface area contributed by atoms with Gasteiger partial charge in [0.05, 0.1) is 10.5 Å². The van der Waals surface area contributed by atoms with Gasteiger partial charge in [-0.1, -0.05) is 19.4 Å². The molecule has 5 nitrogen and oxygen atoms in total. The summed E-state index contributed by atoms with van der Waals surface area (Å²) in [7, 11) is -3.54. The molecule has 3 N–H and O–H groups in total. The van der Waals surface area contributed by atoms with Gasteiger partial charge in [0.15, 0.2) is 0 Å². The van der Waals surface area contributed by atoms with Crippen LogP contribution >= 0.6 is 0 Å². The molecule has 19 heavy (non-hydrogen) atoms. The summed E-state index contributed by atoms with van der Waals surface area (Å²) in [5.74, 6) is 0. The number of aryl methyl sites for hydroxylation is 1. The van der Waals surface area contributed by atoms with Gasteiger partial charge in [0.25, 0.3) is 0 Å². The minimum Gasteiger partial charge on any atom is -0.398 e. The molecule has 0 radical (unpaired) electrons. The van der Waals surface area contributed by atoms with E-state index in [1.54, 1.807) is 12.1 Å². The number of hydrogen-bond acceptors (Lipinski definition) is 4. The third-order valence-electron chi connectivity index (χ3n) is 3.55. The molecule has 0 amide bonds. The van der Waals surface area contributed by atoms with Gasteiger partial charge in [0.1, 0.15) is 0 Å². The predicted molar refractivity (Wildman–Crippen MR) is 74.2 cm³/mol. The number of anilines is 1. The Morgan fingerprint density at radius 2 is 2.05 bits per heavy atom. The Balaban J connectivity index is 2.19. The van der Waals surface area contributed by atoms with E-state index in [0.717, 1.165) is 12.0 Å². The molecule has 0 spiro atoms. The van der Waals surface area contributed by atoms with Crippen LogP contribution in [0.25, 0.3) is 0 Å². The number of nitrogens with zero attached hydrogens (tertiary/aromatic N) is 1. The lowest BCUT2D eigenvalue weighted by Crippen LogP contribution is -2.63. The fourth-order valence-electron chi connectivity index (χ4n) is 2.33. The average molecular weight is 284 g/mol. The fourth-order valence-corrected chi connectivity index (χ4v) is 3.97. The Hall–Kier alpha value is -1.11. The number of hydrogen-bond donors (Lipinski definition) is 2. The first-order chi connectivity index (χ1) is 8.78. The van der Waals surface area contributed by atoms with Crippen molar-refractivity contribution in [2.24, 2.45) is 0 Å². The molecule has 1 fully saturated rings. The standard InChI is InChI=1S/C13H20N2O3S/c1-3-6-13(16)8-15(9-13)19(17,18)11-5-4-10(2)12(14)7-11/h4-5,7,16H,3,6,8-9,14H2,1-2H3. The summed E-state index contributed by atoms with van der Waals surface area (Å²) in [6, 6.07) is 4.72. The van der Waals surface area contributed by atoms with Crippen LogP contribution in [0.4, 0.5) is 5.69 Å². The molecule has 1 aliphatic heterocycles. The monoisotopic (exact) mass is 284 g/mol. The maximum Gasteiger partial charge on any atom is 0.243 e. The Labute approximate surface area is 114 Å². The second-order valence-corrected chi connectivity index (χ2v) is 7.20. The van der Waals surface area contributed by atoms with Gasteiger partial charge in [0.2, 0.25) is 10.0 Å². The molecule has 0 aliphatic carbocycles. The first-order valence-electron chi connectivity index (χ1n) is 6.37. The summed E-state index contributed by atoms with van der Waals surface area (Å²) in [5.41, 5.74) is 6.20.